The molecule has 1 fully saturated rings. The first kappa shape index (κ1) is 31.1. The highest BCUT2D eigenvalue weighted by Crippen LogP contribution is 2.28. The largest absolute Gasteiger partial charge is 0.488 e. The molecule has 3 amide bonds. The van der Waals surface area contributed by atoms with Crippen LogP contribution in [0.2, 0.25) is 5.02 Å². The first-order valence-electron chi connectivity index (χ1n) is 15.7. The van der Waals surface area contributed by atoms with E-state index < -0.39 is 12.1 Å². The van der Waals surface area contributed by atoms with Gasteiger partial charge in [-0.1, -0.05) is 35.9 Å². The van der Waals surface area contributed by atoms with Crippen LogP contribution in [-0.2, 0) is 11.3 Å². The van der Waals surface area contributed by atoms with Crippen molar-refractivity contribution in [3.63, 3.8) is 0 Å². The summed E-state index contributed by atoms with van der Waals surface area (Å²) < 4.78 is 12.2. The molecule has 3 aliphatic heterocycles. The van der Waals surface area contributed by atoms with Gasteiger partial charge in [-0.15, -0.1) is 0 Å². The molecule has 2 aromatic heterocycles. The Kier molecular flexibility index (Phi) is 8.65. The average Bonchev–Trinajstić information content (AvgIpc) is 3.10. The van der Waals surface area contributed by atoms with Gasteiger partial charge in [-0.2, -0.15) is 0 Å². The Labute approximate surface area is 282 Å². The lowest BCUT2D eigenvalue weighted by Gasteiger charge is -2.39. The van der Waals surface area contributed by atoms with Gasteiger partial charge in [0.15, 0.2) is 6.61 Å². The minimum absolute atomic E-state index is 0.140. The average molecular weight is 662 g/mol. The molecule has 8 rings (SSSR count). The highest BCUT2D eigenvalue weighted by Gasteiger charge is 2.35. The minimum Gasteiger partial charge on any atom is -0.488 e. The summed E-state index contributed by atoms with van der Waals surface area (Å²) >= 11 is 6.31. The molecule has 3 aliphatic rings. The number of benzene rings is 3. The van der Waals surface area contributed by atoms with Gasteiger partial charge in [0.05, 0.1) is 22.7 Å². The van der Waals surface area contributed by atoms with E-state index in [9.17, 15) is 14.4 Å². The maximum atomic E-state index is 14.1. The van der Waals surface area contributed by atoms with Gasteiger partial charge in [-0.05, 0) is 72.6 Å². The summed E-state index contributed by atoms with van der Waals surface area (Å²) in [7, 11) is 0. The van der Waals surface area contributed by atoms with Crippen LogP contribution in [0.15, 0.2) is 91.3 Å². The second-order valence-corrected chi connectivity index (χ2v) is 12.4. The smallest absolute Gasteiger partial charge is 0.258 e. The highest BCUT2D eigenvalue weighted by atomic mass is 35.5. The topological polar surface area (TPSA) is 123 Å². The molecular formula is C37H32ClN5O5. The third-order valence-corrected chi connectivity index (χ3v) is 8.76. The summed E-state index contributed by atoms with van der Waals surface area (Å²) in [5, 5.41) is 7.21. The maximum Gasteiger partial charge on any atom is 0.258 e. The second kappa shape index (κ2) is 13.3. The molecule has 6 bridgehead atoms. The lowest BCUT2D eigenvalue weighted by Crippen LogP contribution is -2.58. The Morgan fingerprint density at radius 1 is 0.938 bits per heavy atom. The lowest BCUT2D eigenvalue weighted by molar-refractivity contribution is -0.123. The normalized spacial score (nSPS) is 18.2. The van der Waals surface area contributed by atoms with Crippen molar-refractivity contribution in [3.05, 3.63) is 119 Å². The number of hydrogen-bond acceptors (Lipinski definition) is 7. The van der Waals surface area contributed by atoms with E-state index in [2.05, 4.69) is 20.6 Å². The summed E-state index contributed by atoms with van der Waals surface area (Å²) in [6.45, 7) is 2.67. The van der Waals surface area contributed by atoms with Crippen LogP contribution >= 0.6 is 11.6 Å². The van der Waals surface area contributed by atoms with Gasteiger partial charge in [-0.25, -0.2) is 0 Å². The molecule has 1 saturated heterocycles. The number of amides is 3. The van der Waals surface area contributed by atoms with Crippen molar-refractivity contribution in [1.29, 1.82) is 0 Å². The number of carbonyl (C=O) groups is 3. The number of nitrogens with zero attached hydrogens (tertiary/aromatic N) is 3. The molecule has 242 valence electrons. The van der Waals surface area contributed by atoms with Crippen molar-refractivity contribution in [3.8, 4) is 22.6 Å². The lowest BCUT2D eigenvalue weighted by atomic mass is 9.98. The van der Waals surface area contributed by atoms with E-state index in [0.717, 1.165) is 16.8 Å². The van der Waals surface area contributed by atoms with Crippen LogP contribution in [0.5, 0.6) is 11.5 Å². The zero-order chi connectivity index (χ0) is 33.2. The predicted octanol–water partition coefficient (Wildman–Crippen LogP) is 5.36. The molecule has 48 heavy (non-hydrogen) atoms. The first-order valence-corrected chi connectivity index (χ1v) is 16.0. The standard InChI is InChI=1S/C37H32ClN5O5/c1-22-13-31(30-16-27(38)7-10-32(30)41-22)37(46)43-12-11-34-33(20-43)42-36(45)26-14-25(18-39-19-26)24-3-2-4-29(15-24)47-21-35(44)40-17-23-5-8-28(48-34)9-6-23/h2-10,13-16,18-19,33-34H,11-12,17,20-21H2,1H3,(H,40,44)(H,42,45)/t33-,34+/m1/s1. The second-order valence-electron chi connectivity index (χ2n) is 11.9. The van der Waals surface area contributed by atoms with Crippen molar-refractivity contribution >= 4 is 40.2 Å². The Morgan fingerprint density at radius 3 is 2.62 bits per heavy atom. The van der Waals surface area contributed by atoms with Crippen LogP contribution < -0.4 is 20.1 Å². The zero-order valence-electron chi connectivity index (χ0n) is 26.1. The first-order chi connectivity index (χ1) is 23.3. The molecule has 5 heterocycles. The number of hydrogen-bond donors (Lipinski definition) is 2. The van der Waals surface area contributed by atoms with Gasteiger partial charge in [0.1, 0.15) is 17.6 Å². The van der Waals surface area contributed by atoms with Crippen molar-refractivity contribution in [2.45, 2.75) is 32.0 Å². The van der Waals surface area contributed by atoms with E-state index in [1.807, 2.05) is 43.3 Å². The summed E-state index contributed by atoms with van der Waals surface area (Å²) in [4.78, 5) is 51.0. The number of nitrogens with one attached hydrogen (secondary N) is 2. The van der Waals surface area contributed by atoms with Crippen LogP contribution in [0.3, 0.4) is 0 Å². The molecule has 5 aromatic rings. The molecule has 11 heteroatoms. The fourth-order valence-corrected chi connectivity index (χ4v) is 6.24. The minimum atomic E-state index is -0.544. The monoisotopic (exact) mass is 661 g/mol. The molecule has 3 aromatic carbocycles. The van der Waals surface area contributed by atoms with Gasteiger partial charge in [0.2, 0.25) is 0 Å². The van der Waals surface area contributed by atoms with Gasteiger partial charge in [0.25, 0.3) is 17.7 Å². The van der Waals surface area contributed by atoms with Gasteiger partial charge in [-0.3, -0.25) is 24.4 Å². The van der Waals surface area contributed by atoms with E-state index in [4.69, 9.17) is 21.1 Å². The van der Waals surface area contributed by atoms with E-state index in [1.54, 1.807) is 53.6 Å². The summed E-state index contributed by atoms with van der Waals surface area (Å²) in [6.07, 6.45) is 3.22. The van der Waals surface area contributed by atoms with Gasteiger partial charge < -0.3 is 25.0 Å². The van der Waals surface area contributed by atoms with Crippen molar-refractivity contribution in [1.82, 2.24) is 25.5 Å². The predicted molar refractivity (Wildman–Crippen MR) is 181 cm³/mol. The third-order valence-electron chi connectivity index (χ3n) is 8.52. The molecule has 0 saturated carbocycles. The number of piperidine rings is 1. The van der Waals surface area contributed by atoms with E-state index >= 15 is 0 Å². The maximum absolute atomic E-state index is 14.1. The van der Waals surface area contributed by atoms with Crippen molar-refractivity contribution in [2.24, 2.45) is 0 Å². The molecule has 0 unspecified atom stereocenters. The van der Waals surface area contributed by atoms with Crippen LogP contribution in [0.4, 0.5) is 0 Å². The number of carbonyl (C=O) groups excluding carboxylic acids is 3. The van der Waals surface area contributed by atoms with Gasteiger partial charge >= 0.3 is 0 Å². The number of halogens is 1. The van der Waals surface area contributed by atoms with E-state index in [-0.39, 0.29) is 30.9 Å². The number of ether oxygens (including phenoxy) is 2. The third kappa shape index (κ3) is 6.79. The SMILES string of the molecule is Cc1cc(C(=O)N2CC[C@@H]3Oc4ccc(cc4)CNC(=O)COc4cccc(c4)-c4cncc(c4)C(=O)N[C@@H]3C2)c2cc(Cl)ccc2n1. The number of aryl methyl sites for hydroxylation is 1. The Hall–Kier alpha value is -5.48. The Bertz CT molecular complexity index is 2040. The molecule has 0 spiro atoms. The Balaban J connectivity index is 1.21. The summed E-state index contributed by atoms with van der Waals surface area (Å²) in [5.74, 6) is 0.354. The van der Waals surface area contributed by atoms with Crippen LogP contribution in [0, 0.1) is 6.92 Å². The molecule has 0 radical (unpaired) electrons. The Morgan fingerprint density at radius 2 is 1.77 bits per heavy atom. The number of fused-ring (bicyclic) bond motifs is 8. The highest BCUT2D eigenvalue weighted by molar-refractivity contribution is 6.31. The van der Waals surface area contributed by atoms with Crippen molar-refractivity contribution in [2.75, 3.05) is 19.7 Å². The quantitative estimate of drug-likeness (QED) is 0.248. The number of pyridine rings is 2. The molecule has 2 atom stereocenters. The summed E-state index contributed by atoms with van der Waals surface area (Å²) in [5.41, 5.74) is 4.63. The van der Waals surface area contributed by atoms with E-state index in [1.165, 1.54) is 6.20 Å². The van der Waals surface area contributed by atoms with Crippen LogP contribution in [0.1, 0.15) is 38.4 Å². The molecular weight excluding hydrogens is 630 g/mol. The fourth-order valence-electron chi connectivity index (χ4n) is 6.07. The zero-order valence-corrected chi connectivity index (χ0v) is 26.9. The van der Waals surface area contributed by atoms with E-state index in [0.29, 0.717) is 63.6 Å². The molecule has 0 aliphatic carbocycles. The molecule has 2 N–H and O–H groups in total. The number of aromatic nitrogens is 2. The fraction of sp³-hybridized carbons (Fsp3) is 0.216. The number of rotatable bonds is 1. The van der Waals surface area contributed by atoms with Crippen molar-refractivity contribution < 1.29 is 23.9 Å². The van der Waals surface area contributed by atoms with Gasteiger partial charge in [0, 0.05) is 60.1 Å². The van der Waals surface area contributed by atoms with Crippen LogP contribution in [0.25, 0.3) is 22.0 Å². The van der Waals surface area contributed by atoms with Crippen LogP contribution in [-0.4, -0.2) is 64.4 Å². The summed E-state index contributed by atoms with van der Waals surface area (Å²) in [6, 6.07) is 23.0. The number of likely N-dealkylation sites (tertiary alicyclic amines) is 1. The molecule has 10 nitrogen and oxygen atoms in total.